The van der Waals surface area contributed by atoms with Crippen molar-refractivity contribution < 1.29 is 4.79 Å². The van der Waals surface area contributed by atoms with E-state index < -0.39 is 0 Å². The van der Waals surface area contributed by atoms with Gasteiger partial charge in [-0.15, -0.1) is 0 Å². The van der Waals surface area contributed by atoms with Gasteiger partial charge < -0.3 is 4.79 Å². The number of rotatable bonds is 3. The molecule has 1 fully saturated rings. The third kappa shape index (κ3) is 1.77. The van der Waals surface area contributed by atoms with Crippen LogP contribution in [0.2, 0.25) is 0 Å². The van der Waals surface area contributed by atoms with E-state index in [9.17, 15) is 4.79 Å². The Hall–Kier alpha value is -0.590. The van der Waals surface area contributed by atoms with E-state index in [1.165, 1.54) is 18.4 Å². The zero-order valence-corrected chi connectivity index (χ0v) is 10.3. The van der Waals surface area contributed by atoms with Gasteiger partial charge in [0.1, 0.15) is 6.29 Å². The van der Waals surface area contributed by atoms with Crippen molar-refractivity contribution in [3.05, 3.63) is 11.6 Å². The Kier molecular flexibility index (Phi) is 2.33. The fraction of sp³-hybridized carbons (Fsp3) is 0.786. The van der Waals surface area contributed by atoms with E-state index in [4.69, 9.17) is 0 Å². The molecule has 2 atom stereocenters. The molecule has 0 aromatic carbocycles. The summed E-state index contributed by atoms with van der Waals surface area (Å²) in [7, 11) is 0. The van der Waals surface area contributed by atoms with Crippen LogP contribution in [0.15, 0.2) is 11.6 Å². The Labute approximate surface area is 92.9 Å². The van der Waals surface area contributed by atoms with Crippen molar-refractivity contribution in [3.8, 4) is 0 Å². The van der Waals surface area contributed by atoms with Crippen LogP contribution in [0, 0.1) is 22.7 Å². The minimum Gasteiger partial charge on any atom is -0.303 e. The van der Waals surface area contributed by atoms with Crippen molar-refractivity contribution in [1.82, 2.24) is 0 Å². The fourth-order valence-corrected chi connectivity index (χ4v) is 3.11. The van der Waals surface area contributed by atoms with Crippen LogP contribution in [0.5, 0.6) is 0 Å². The summed E-state index contributed by atoms with van der Waals surface area (Å²) in [5.41, 5.74) is 1.88. The van der Waals surface area contributed by atoms with Crippen molar-refractivity contribution in [3.63, 3.8) is 0 Å². The highest BCUT2D eigenvalue weighted by Crippen LogP contribution is 2.58. The van der Waals surface area contributed by atoms with E-state index in [0.717, 1.165) is 24.5 Å². The summed E-state index contributed by atoms with van der Waals surface area (Å²) in [6, 6.07) is 0. The third-order valence-corrected chi connectivity index (χ3v) is 4.49. The molecule has 84 valence electrons. The number of hydrogen-bond acceptors (Lipinski definition) is 1. The van der Waals surface area contributed by atoms with Crippen LogP contribution < -0.4 is 0 Å². The van der Waals surface area contributed by atoms with E-state index in [1.807, 2.05) is 13.8 Å². The van der Waals surface area contributed by atoms with E-state index in [0.29, 0.717) is 5.41 Å². The van der Waals surface area contributed by atoms with E-state index in [1.54, 1.807) is 0 Å². The molecule has 2 bridgehead atoms. The van der Waals surface area contributed by atoms with Crippen LogP contribution in [0.3, 0.4) is 0 Å². The molecule has 0 radical (unpaired) electrons. The number of carbonyl (C=O) groups excluding carboxylic acids is 1. The lowest BCUT2D eigenvalue weighted by atomic mass is 9.49. The second-order valence-electron chi connectivity index (χ2n) is 6.67. The van der Waals surface area contributed by atoms with Crippen molar-refractivity contribution in [1.29, 1.82) is 0 Å². The topological polar surface area (TPSA) is 17.1 Å². The molecule has 0 heterocycles. The first kappa shape index (κ1) is 10.9. The average molecular weight is 206 g/mol. The number of carbonyl (C=O) groups is 1. The summed E-state index contributed by atoms with van der Waals surface area (Å²) < 4.78 is 0. The molecule has 3 aliphatic rings. The first-order valence-electron chi connectivity index (χ1n) is 6.01. The molecule has 0 aromatic rings. The van der Waals surface area contributed by atoms with Crippen molar-refractivity contribution in [2.24, 2.45) is 22.7 Å². The molecule has 0 N–H and O–H groups in total. The van der Waals surface area contributed by atoms with E-state index in [-0.39, 0.29) is 5.41 Å². The minimum atomic E-state index is -0.167. The SMILES string of the molecule is CC(C)(C=O)CC1=C[C@@H]2C[C@H](C1)C2(C)C. The van der Waals surface area contributed by atoms with Gasteiger partial charge in [-0.2, -0.15) is 0 Å². The first-order valence-corrected chi connectivity index (χ1v) is 6.01. The van der Waals surface area contributed by atoms with Gasteiger partial charge in [0.25, 0.3) is 0 Å². The molecule has 1 heteroatoms. The van der Waals surface area contributed by atoms with E-state index in [2.05, 4.69) is 19.9 Å². The lowest BCUT2D eigenvalue weighted by Crippen LogP contribution is -2.47. The van der Waals surface area contributed by atoms with Gasteiger partial charge >= 0.3 is 0 Å². The summed E-state index contributed by atoms with van der Waals surface area (Å²) in [6.45, 7) is 8.83. The van der Waals surface area contributed by atoms with Crippen LogP contribution >= 0.6 is 0 Å². The largest absolute Gasteiger partial charge is 0.303 e. The molecule has 0 unspecified atom stereocenters. The molecule has 15 heavy (non-hydrogen) atoms. The Morgan fingerprint density at radius 2 is 2.20 bits per heavy atom. The standard InChI is InChI=1S/C14H22O/c1-13(2,9-15)8-10-5-11-7-12(6-10)14(11,3)4/h5,9,11-12H,6-8H2,1-4H3/t11-,12+/m1/s1. The molecule has 3 rings (SSSR count). The van der Waals surface area contributed by atoms with Crippen molar-refractivity contribution in [2.75, 3.05) is 0 Å². The maximum absolute atomic E-state index is 10.9. The molecule has 0 aliphatic heterocycles. The van der Waals surface area contributed by atoms with Gasteiger partial charge in [-0.25, -0.2) is 0 Å². The second kappa shape index (κ2) is 3.20. The second-order valence-corrected chi connectivity index (χ2v) is 6.67. The lowest BCUT2D eigenvalue weighted by Gasteiger charge is -2.55. The van der Waals surface area contributed by atoms with Gasteiger partial charge in [0.15, 0.2) is 0 Å². The molecule has 0 amide bonds. The Bertz CT molecular complexity index is 309. The highest BCUT2D eigenvalue weighted by atomic mass is 16.1. The van der Waals surface area contributed by atoms with Crippen LogP contribution in [-0.4, -0.2) is 6.29 Å². The molecule has 0 spiro atoms. The van der Waals surface area contributed by atoms with Gasteiger partial charge in [-0.05, 0) is 36.5 Å². The zero-order valence-electron chi connectivity index (χ0n) is 10.3. The average Bonchev–Trinajstić information content (AvgIpc) is 2.17. The number of aldehydes is 1. The van der Waals surface area contributed by atoms with Gasteiger partial charge in [-0.1, -0.05) is 39.3 Å². The van der Waals surface area contributed by atoms with Crippen LogP contribution in [0.1, 0.15) is 47.0 Å². The highest BCUT2D eigenvalue weighted by molar-refractivity contribution is 5.58. The lowest BCUT2D eigenvalue weighted by molar-refractivity contribution is -0.114. The maximum atomic E-state index is 10.9. The van der Waals surface area contributed by atoms with E-state index >= 15 is 0 Å². The molecule has 0 saturated heterocycles. The first-order chi connectivity index (χ1) is 6.85. The number of fused-ring (bicyclic) bond motifs is 1. The summed E-state index contributed by atoms with van der Waals surface area (Å²) in [4.78, 5) is 10.9. The van der Waals surface area contributed by atoms with Gasteiger partial charge in [0.05, 0.1) is 0 Å². The Morgan fingerprint density at radius 1 is 1.53 bits per heavy atom. The Balaban J connectivity index is 2.07. The molecule has 1 saturated carbocycles. The zero-order chi connectivity index (χ0) is 11.3. The predicted octanol–water partition coefficient (Wildman–Crippen LogP) is 3.59. The van der Waals surface area contributed by atoms with Crippen LogP contribution in [0.4, 0.5) is 0 Å². The fourth-order valence-electron chi connectivity index (χ4n) is 3.11. The quantitative estimate of drug-likeness (QED) is 0.509. The summed E-state index contributed by atoms with van der Waals surface area (Å²) in [5, 5.41) is 0. The molecular formula is C14H22O. The molecule has 3 aliphatic carbocycles. The van der Waals surface area contributed by atoms with Crippen LogP contribution in [0.25, 0.3) is 0 Å². The monoisotopic (exact) mass is 206 g/mol. The van der Waals surface area contributed by atoms with Gasteiger partial charge in [0, 0.05) is 5.41 Å². The smallest absolute Gasteiger partial charge is 0.125 e. The molecule has 1 nitrogen and oxygen atoms in total. The van der Waals surface area contributed by atoms with Crippen molar-refractivity contribution >= 4 is 6.29 Å². The Morgan fingerprint density at radius 3 is 2.60 bits per heavy atom. The van der Waals surface area contributed by atoms with Gasteiger partial charge in [0.2, 0.25) is 0 Å². The number of allylic oxidation sites excluding steroid dienone is 2. The minimum absolute atomic E-state index is 0.167. The van der Waals surface area contributed by atoms with Crippen molar-refractivity contribution in [2.45, 2.75) is 47.0 Å². The van der Waals surface area contributed by atoms with Crippen LogP contribution in [-0.2, 0) is 4.79 Å². The predicted molar refractivity (Wildman–Crippen MR) is 62.5 cm³/mol. The number of hydrogen-bond donors (Lipinski definition) is 0. The molecular weight excluding hydrogens is 184 g/mol. The highest BCUT2D eigenvalue weighted by Gasteiger charge is 2.49. The third-order valence-electron chi connectivity index (χ3n) is 4.49. The maximum Gasteiger partial charge on any atom is 0.125 e. The summed E-state index contributed by atoms with van der Waals surface area (Å²) >= 11 is 0. The normalized spacial score (nSPS) is 32.9. The summed E-state index contributed by atoms with van der Waals surface area (Å²) in [5.74, 6) is 1.64. The summed E-state index contributed by atoms with van der Waals surface area (Å²) in [6.07, 6.45) is 7.10. The molecule has 0 aromatic heterocycles. The van der Waals surface area contributed by atoms with Gasteiger partial charge in [-0.3, -0.25) is 0 Å².